The lowest BCUT2D eigenvalue weighted by Gasteiger charge is -2.18. The highest BCUT2D eigenvalue weighted by Gasteiger charge is 2.66. The Morgan fingerprint density at radius 1 is 1.22 bits per heavy atom. The smallest absolute Gasteiger partial charge is 0.203 e. The SMILES string of the molecule is CC(C)(C)[S@@](=O)N1[C@@H](c2ccc(Cl)cc2)C1(Cl)Cl. The van der Waals surface area contributed by atoms with Crippen LogP contribution < -0.4 is 0 Å². The van der Waals surface area contributed by atoms with Crippen molar-refractivity contribution >= 4 is 45.8 Å². The van der Waals surface area contributed by atoms with Crippen LogP contribution in [0.15, 0.2) is 24.3 Å². The molecule has 1 aliphatic rings. The van der Waals surface area contributed by atoms with E-state index in [2.05, 4.69) is 0 Å². The van der Waals surface area contributed by atoms with E-state index in [0.717, 1.165) is 5.56 Å². The molecule has 1 saturated heterocycles. The van der Waals surface area contributed by atoms with Gasteiger partial charge in [0.1, 0.15) is 11.0 Å². The molecule has 0 bridgehead atoms. The van der Waals surface area contributed by atoms with E-state index in [-0.39, 0.29) is 6.04 Å². The molecule has 6 heteroatoms. The average molecular weight is 327 g/mol. The van der Waals surface area contributed by atoms with Gasteiger partial charge in [-0.05, 0) is 38.5 Å². The second-order valence-corrected chi connectivity index (χ2v) is 9.13. The molecule has 18 heavy (non-hydrogen) atoms. The van der Waals surface area contributed by atoms with Crippen molar-refractivity contribution in [3.8, 4) is 0 Å². The van der Waals surface area contributed by atoms with E-state index >= 15 is 0 Å². The van der Waals surface area contributed by atoms with Crippen LogP contribution in [0.1, 0.15) is 32.4 Å². The molecule has 1 unspecified atom stereocenters. The third-order valence-corrected chi connectivity index (χ3v) is 5.81. The minimum atomic E-state index is -1.25. The van der Waals surface area contributed by atoms with Crippen LogP contribution in [0.4, 0.5) is 0 Å². The fraction of sp³-hybridized carbons (Fsp3) is 0.500. The second-order valence-electron chi connectivity index (χ2n) is 5.23. The Balaban J connectivity index is 2.26. The first-order chi connectivity index (χ1) is 8.15. The van der Waals surface area contributed by atoms with Gasteiger partial charge in [0, 0.05) is 5.02 Å². The first kappa shape index (κ1) is 14.6. The predicted octanol–water partition coefficient (Wildman–Crippen LogP) is 4.29. The van der Waals surface area contributed by atoms with Gasteiger partial charge >= 0.3 is 0 Å². The molecule has 0 radical (unpaired) electrons. The number of alkyl halides is 2. The van der Waals surface area contributed by atoms with Crippen molar-refractivity contribution in [2.45, 2.75) is 36.0 Å². The second kappa shape index (κ2) is 4.64. The zero-order valence-corrected chi connectivity index (χ0v) is 13.4. The Morgan fingerprint density at radius 2 is 1.72 bits per heavy atom. The Labute approximate surface area is 125 Å². The van der Waals surface area contributed by atoms with E-state index in [9.17, 15) is 4.21 Å². The maximum atomic E-state index is 12.3. The van der Waals surface area contributed by atoms with E-state index in [1.54, 1.807) is 16.4 Å². The highest BCUT2D eigenvalue weighted by atomic mass is 35.5. The van der Waals surface area contributed by atoms with Crippen LogP contribution in [-0.2, 0) is 11.0 Å². The quantitative estimate of drug-likeness (QED) is 0.451. The van der Waals surface area contributed by atoms with E-state index < -0.39 is 20.2 Å². The number of benzene rings is 1. The Bertz CT molecular complexity index is 481. The van der Waals surface area contributed by atoms with Gasteiger partial charge in [0.2, 0.25) is 4.46 Å². The average Bonchev–Trinajstić information content (AvgIpc) is 2.80. The highest BCUT2D eigenvalue weighted by Crippen LogP contribution is 2.61. The lowest BCUT2D eigenvalue weighted by atomic mass is 10.2. The Hall–Kier alpha value is 0.200. The van der Waals surface area contributed by atoms with E-state index in [0.29, 0.717) is 5.02 Å². The lowest BCUT2D eigenvalue weighted by molar-refractivity contribution is 0.603. The molecule has 0 aromatic heterocycles. The number of hydrogen-bond donors (Lipinski definition) is 0. The van der Waals surface area contributed by atoms with Crippen molar-refractivity contribution in [3.05, 3.63) is 34.9 Å². The summed E-state index contributed by atoms with van der Waals surface area (Å²) in [4.78, 5) is 0. The van der Waals surface area contributed by atoms with Crippen LogP contribution in [-0.4, -0.2) is 17.7 Å². The molecule has 3 atom stereocenters. The summed E-state index contributed by atoms with van der Waals surface area (Å²) in [6.07, 6.45) is 0. The van der Waals surface area contributed by atoms with E-state index in [1.807, 2.05) is 32.9 Å². The molecule has 0 N–H and O–H groups in total. The fourth-order valence-corrected chi connectivity index (χ4v) is 4.20. The topological polar surface area (TPSA) is 20.1 Å². The summed E-state index contributed by atoms with van der Waals surface area (Å²) in [6.45, 7) is 5.68. The van der Waals surface area contributed by atoms with Gasteiger partial charge in [-0.15, -0.1) is 0 Å². The van der Waals surface area contributed by atoms with Crippen molar-refractivity contribution in [1.29, 1.82) is 0 Å². The minimum Gasteiger partial charge on any atom is -0.242 e. The van der Waals surface area contributed by atoms with Crippen molar-refractivity contribution in [3.63, 3.8) is 0 Å². The first-order valence-corrected chi connectivity index (χ1v) is 7.74. The summed E-state index contributed by atoms with van der Waals surface area (Å²) in [5, 5.41) is 0.651. The molecule has 2 rings (SSSR count). The number of rotatable bonds is 2. The predicted molar refractivity (Wildman–Crippen MR) is 78.4 cm³/mol. The molecule has 1 heterocycles. The summed E-state index contributed by atoms with van der Waals surface area (Å²) in [5.74, 6) is 0. The van der Waals surface area contributed by atoms with E-state index in [4.69, 9.17) is 34.8 Å². The van der Waals surface area contributed by atoms with Crippen LogP contribution in [0, 0.1) is 0 Å². The van der Waals surface area contributed by atoms with Crippen molar-refractivity contribution in [2.75, 3.05) is 0 Å². The van der Waals surface area contributed by atoms with Crippen LogP contribution in [0.3, 0.4) is 0 Å². The number of nitrogens with zero attached hydrogens (tertiary/aromatic N) is 1. The number of halogens is 3. The maximum absolute atomic E-state index is 12.3. The maximum Gasteiger partial charge on any atom is 0.203 e. The molecule has 0 saturated carbocycles. The number of hydrogen-bond acceptors (Lipinski definition) is 1. The summed E-state index contributed by atoms with van der Waals surface area (Å²) in [6, 6.07) is 7.01. The Kier molecular flexibility index (Phi) is 3.76. The zero-order valence-electron chi connectivity index (χ0n) is 10.3. The molecule has 2 nitrogen and oxygen atoms in total. The highest BCUT2D eigenvalue weighted by molar-refractivity contribution is 7.84. The Morgan fingerprint density at radius 3 is 2.17 bits per heavy atom. The largest absolute Gasteiger partial charge is 0.242 e. The van der Waals surface area contributed by atoms with Crippen molar-refractivity contribution in [1.82, 2.24) is 4.31 Å². The third kappa shape index (κ3) is 2.56. The summed E-state index contributed by atoms with van der Waals surface area (Å²) in [5.41, 5.74) is 0.919. The lowest BCUT2D eigenvalue weighted by Crippen LogP contribution is -2.28. The van der Waals surface area contributed by atoms with Gasteiger partial charge in [0.25, 0.3) is 0 Å². The first-order valence-electron chi connectivity index (χ1n) is 5.50. The molecular formula is C12H14Cl3NOS. The van der Waals surface area contributed by atoms with Gasteiger partial charge in [0.05, 0.1) is 10.8 Å². The van der Waals surface area contributed by atoms with Crippen LogP contribution in [0.2, 0.25) is 5.02 Å². The summed E-state index contributed by atoms with van der Waals surface area (Å²) < 4.78 is 12.4. The standard InChI is InChI=1S/C12H14Cl3NOS/c1-11(2,3)18(17)16-10(12(16,14)15)8-4-6-9(13)7-5-8/h4-7,10H,1-3H3/t10-,16?,18+/m0/s1. The van der Waals surface area contributed by atoms with Gasteiger partial charge < -0.3 is 0 Å². The summed E-state index contributed by atoms with van der Waals surface area (Å²) in [7, 11) is -1.25. The molecular weight excluding hydrogens is 313 g/mol. The van der Waals surface area contributed by atoms with Crippen LogP contribution >= 0.6 is 34.8 Å². The molecule has 0 amide bonds. The monoisotopic (exact) mass is 325 g/mol. The van der Waals surface area contributed by atoms with Crippen LogP contribution in [0.25, 0.3) is 0 Å². The molecule has 0 spiro atoms. The summed E-state index contributed by atoms with van der Waals surface area (Å²) >= 11 is 18.3. The normalized spacial score (nSPS) is 27.9. The van der Waals surface area contributed by atoms with Crippen molar-refractivity contribution in [2.24, 2.45) is 0 Å². The van der Waals surface area contributed by atoms with Gasteiger partial charge in [-0.2, -0.15) is 4.31 Å². The third-order valence-electron chi connectivity index (χ3n) is 2.68. The molecule has 1 aliphatic heterocycles. The fourth-order valence-electron chi connectivity index (χ4n) is 1.71. The van der Waals surface area contributed by atoms with Gasteiger partial charge in [-0.25, -0.2) is 4.21 Å². The van der Waals surface area contributed by atoms with Gasteiger partial charge in [-0.1, -0.05) is 46.9 Å². The van der Waals surface area contributed by atoms with E-state index in [1.165, 1.54) is 0 Å². The molecule has 1 aromatic carbocycles. The van der Waals surface area contributed by atoms with Gasteiger partial charge in [-0.3, -0.25) is 0 Å². The minimum absolute atomic E-state index is 0.252. The molecule has 100 valence electrons. The van der Waals surface area contributed by atoms with Crippen molar-refractivity contribution < 1.29 is 4.21 Å². The molecule has 0 aliphatic carbocycles. The van der Waals surface area contributed by atoms with Gasteiger partial charge in [0.15, 0.2) is 0 Å². The van der Waals surface area contributed by atoms with Crippen LogP contribution in [0.5, 0.6) is 0 Å². The molecule has 1 fully saturated rings. The molecule has 1 aromatic rings. The zero-order chi connectivity index (χ0) is 13.7.